The molecule has 0 spiro atoms. The molecule has 4 heteroatoms. The lowest BCUT2D eigenvalue weighted by Gasteiger charge is -2.00. The fourth-order valence-corrected chi connectivity index (χ4v) is 0.867. The van der Waals surface area contributed by atoms with Crippen molar-refractivity contribution in [3.8, 4) is 6.07 Å². The van der Waals surface area contributed by atoms with Crippen molar-refractivity contribution in [3.05, 3.63) is 35.1 Å². The van der Waals surface area contributed by atoms with Crippen LogP contribution in [0.2, 0.25) is 0 Å². The van der Waals surface area contributed by atoms with Gasteiger partial charge >= 0.3 is 0 Å². The fraction of sp³-hybridized carbons (Fsp3) is 0.125. The number of halogens is 1. The summed E-state index contributed by atoms with van der Waals surface area (Å²) in [7, 11) is 0. The molecule has 0 saturated heterocycles. The van der Waals surface area contributed by atoms with Gasteiger partial charge in [-0.25, -0.2) is 10.3 Å². The van der Waals surface area contributed by atoms with Crippen LogP contribution in [0.4, 0.5) is 4.39 Å². The fourth-order valence-electron chi connectivity index (χ4n) is 0.867. The molecule has 62 valence electrons. The Kier molecular flexibility index (Phi) is 2.75. The summed E-state index contributed by atoms with van der Waals surface area (Å²) in [4.78, 5) is 4.26. The van der Waals surface area contributed by atoms with Crippen molar-refractivity contribution in [2.75, 3.05) is 0 Å². The van der Waals surface area contributed by atoms with Crippen LogP contribution in [0.5, 0.6) is 0 Å². The Morgan fingerprint density at radius 1 is 1.58 bits per heavy atom. The molecule has 0 saturated carbocycles. The van der Waals surface area contributed by atoms with Gasteiger partial charge in [0.25, 0.3) is 0 Å². The normalized spacial score (nSPS) is 9.42. The molecule has 0 aromatic heterocycles. The summed E-state index contributed by atoms with van der Waals surface area (Å²) in [6.45, 7) is -0.0264. The Labute approximate surface area is 69.1 Å². The first-order valence-electron chi connectivity index (χ1n) is 3.28. The zero-order chi connectivity index (χ0) is 8.97. The molecule has 1 rings (SSSR count). The Balaban J connectivity index is 3.07. The summed E-state index contributed by atoms with van der Waals surface area (Å²) in [6, 6.07) is 6.22. The Morgan fingerprint density at radius 3 is 2.92 bits per heavy atom. The number of rotatable bonds is 2. The second-order valence-electron chi connectivity index (χ2n) is 2.20. The maximum absolute atomic E-state index is 13.1. The monoisotopic (exact) mass is 166 g/mol. The topological polar surface area (TPSA) is 59.0 Å². The van der Waals surface area contributed by atoms with E-state index in [0.717, 1.165) is 0 Å². The van der Waals surface area contributed by atoms with E-state index in [2.05, 4.69) is 4.84 Å². The maximum Gasteiger partial charge on any atom is 0.146 e. The maximum atomic E-state index is 13.1. The molecular weight excluding hydrogens is 159 g/mol. The van der Waals surface area contributed by atoms with Gasteiger partial charge in [-0.2, -0.15) is 5.26 Å². The summed E-state index contributed by atoms with van der Waals surface area (Å²) in [5.74, 6) is 4.21. The molecule has 0 bridgehead atoms. The molecule has 2 N–H and O–H groups in total. The van der Waals surface area contributed by atoms with Gasteiger partial charge in [0.15, 0.2) is 0 Å². The minimum Gasteiger partial charge on any atom is -0.300 e. The molecule has 0 unspecified atom stereocenters. The lowest BCUT2D eigenvalue weighted by Crippen LogP contribution is -2.02. The number of nitrogens with two attached hydrogens (primary N) is 1. The van der Waals surface area contributed by atoms with Crippen LogP contribution in [-0.2, 0) is 11.4 Å². The van der Waals surface area contributed by atoms with Crippen LogP contribution >= 0.6 is 0 Å². The molecule has 0 amide bonds. The van der Waals surface area contributed by atoms with Crippen LogP contribution in [-0.4, -0.2) is 0 Å². The van der Waals surface area contributed by atoms with Gasteiger partial charge in [-0.3, -0.25) is 4.84 Å². The minimum absolute atomic E-state index is 0.00421. The molecule has 0 atom stereocenters. The number of hydrogen-bond acceptors (Lipinski definition) is 3. The van der Waals surface area contributed by atoms with Crippen molar-refractivity contribution >= 4 is 0 Å². The molecule has 0 radical (unpaired) electrons. The molecule has 0 aliphatic rings. The van der Waals surface area contributed by atoms with Gasteiger partial charge in [0.2, 0.25) is 0 Å². The van der Waals surface area contributed by atoms with E-state index < -0.39 is 5.82 Å². The number of nitriles is 1. The first-order valence-corrected chi connectivity index (χ1v) is 3.28. The molecular formula is C8H7FN2O. The van der Waals surface area contributed by atoms with E-state index in [1.54, 1.807) is 12.1 Å². The van der Waals surface area contributed by atoms with Crippen molar-refractivity contribution in [3.63, 3.8) is 0 Å². The van der Waals surface area contributed by atoms with Crippen molar-refractivity contribution in [1.29, 1.82) is 5.26 Å². The first-order chi connectivity index (χ1) is 5.79. The van der Waals surface area contributed by atoms with Gasteiger partial charge in [0.05, 0.1) is 12.2 Å². The lowest BCUT2D eigenvalue weighted by molar-refractivity contribution is 0.121. The van der Waals surface area contributed by atoms with Crippen molar-refractivity contribution in [1.82, 2.24) is 0 Å². The molecule has 0 heterocycles. The third kappa shape index (κ3) is 1.59. The highest BCUT2D eigenvalue weighted by atomic mass is 19.1. The average Bonchev–Trinajstić information content (AvgIpc) is 2.09. The SMILES string of the molecule is N#Cc1cccc(CON)c1F. The first kappa shape index (κ1) is 8.65. The van der Waals surface area contributed by atoms with Crippen molar-refractivity contribution in [2.24, 2.45) is 5.90 Å². The van der Waals surface area contributed by atoms with Gasteiger partial charge in [-0.1, -0.05) is 12.1 Å². The number of hydrogen-bond donors (Lipinski definition) is 1. The Morgan fingerprint density at radius 2 is 2.33 bits per heavy atom. The third-order valence-electron chi connectivity index (χ3n) is 1.44. The van der Waals surface area contributed by atoms with E-state index in [4.69, 9.17) is 11.2 Å². The van der Waals surface area contributed by atoms with Crippen LogP contribution in [0.1, 0.15) is 11.1 Å². The lowest BCUT2D eigenvalue weighted by atomic mass is 10.1. The third-order valence-corrected chi connectivity index (χ3v) is 1.44. The van der Waals surface area contributed by atoms with E-state index in [1.165, 1.54) is 12.1 Å². The standard InChI is InChI=1S/C8H7FN2O/c9-8-6(4-10)2-1-3-7(8)5-12-11/h1-3H,5,11H2. The highest BCUT2D eigenvalue weighted by Gasteiger charge is 2.06. The largest absolute Gasteiger partial charge is 0.300 e. The zero-order valence-corrected chi connectivity index (χ0v) is 6.25. The van der Waals surface area contributed by atoms with E-state index in [1.807, 2.05) is 0 Å². The van der Waals surface area contributed by atoms with Crippen molar-refractivity contribution < 1.29 is 9.23 Å². The summed E-state index contributed by atoms with van der Waals surface area (Å²) < 4.78 is 13.1. The quantitative estimate of drug-likeness (QED) is 0.669. The molecule has 1 aromatic carbocycles. The molecule has 0 aliphatic heterocycles. The van der Waals surface area contributed by atoms with E-state index in [9.17, 15) is 4.39 Å². The molecule has 1 aromatic rings. The summed E-state index contributed by atoms with van der Waals surface area (Å²) in [5.41, 5.74) is 0.293. The van der Waals surface area contributed by atoms with Crippen LogP contribution in [0.3, 0.4) is 0 Å². The highest BCUT2D eigenvalue weighted by molar-refractivity contribution is 5.34. The van der Waals surface area contributed by atoms with Gasteiger partial charge in [-0.15, -0.1) is 0 Å². The highest BCUT2D eigenvalue weighted by Crippen LogP contribution is 2.12. The van der Waals surface area contributed by atoms with E-state index in [-0.39, 0.29) is 17.7 Å². The van der Waals surface area contributed by atoms with Gasteiger partial charge in [0, 0.05) is 5.56 Å². The average molecular weight is 166 g/mol. The minimum atomic E-state index is -0.564. The van der Waals surface area contributed by atoms with Gasteiger partial charge < -0.3 is 0 Å². The predicted molar refractivity (Wildman–Crippen MR) is 40.1 cm³/mol. The second-order valence-corrected chi connectivity index (χ2v) is 2.20. The predicted octanol–water partition coefficient (Wildman–Crippen LogP) is 1.09. The molecule has 12 heavy (non-hydrogen) atoms. The summed E-state index contributed by atoms with van der Waals surface area (Å²) in [5, 5.41) is 8.45. The second kappa shape index (κ2) is 3.81. The van der Waals surface area contributed by atoms with Crippen LogP contribution in [0.25, 0.3) is 0 Å². The van der Waals surface area contributed by atoms with Crippen LogP contribution in [0.15, 0.2) is 18.2 Å². The van der Waals surface area contributed by atoms with E-state index in [0.29, 0.717) is 0 Å². The number of benzene rings is 1. The van der Waals surface area contributed by atoms with E-state index >= 15 is 0 Å². The zero-order valence-electron chi connectivity index (χ0n) is 6.25. The number of nitrogens with zero attached hydrogens (tertiary/aromatic N) is 1. The summed E-state index contributed by atoms with van der Waals surface area (Å²) >= 11 is 0. The van der Waals surface area contributed by atoms with Gasteiger partial charge in [0.1, 0.15) is 11.9 Å². The summed E-state index contributed by atoms with van der Waals surface area (Å²) in [6.07, 6.45) is 0. The van der Waals surface area contributed by atoms with Crippen molar-refractivity contribution in [2.45, 2.75) is 6.61 Å². The van der Waals surface area contributed by atoms with Crippen LogP contribution in [0, 0.1) is 17.1 Å². The molecule has 3 nitrogen and oxygen atoms in total. The smallest absolute Gasteiger partial charge is 0.146 e. The Bertz CT molecular complexity index is 319. The molecule has 0 fully saturated rings. The van der Waals surface area contributed by atoms with Crippen LogP contribution < -0.4 is 5.90 Å². The Hall–Kier alpha value is -1.44. The van der Waals surface area contributed by atoms with Gasteiger partial charge in [-0.05, 0) is 6.07 Å². The molecule has 0 aliphatic carbocycles.